The molecular formula is C14H13FO3. The predicted octanol–water partition coefficient (Wildman–Crippen LogP) is 3.22. The molecule has 0 saturated carbocycles. The molecule has 1 N–H and O–H groups in total. The SMILES string of the molecule is COc1ccc(F)cc1-c1cccc(OC)c1O. The molecule has 2 aromatic carbocycles. The summed E-state index contributed by atoms with van der Waals surface area (Å²) in [6, 6.07) is 9.16. The maximum atomic E-state index is 13.3. The number of rotatable bonds is 3. The number of aromatic hydroxyl groups is 1. The molecule has 0 aromatic heterocycles. The van der Waals surface area contributed by atoms with Crippen LogP contribution >= 0.6 is 0 Å². The largest absolute Gasteiger partial charge is 0.504 e. The first kappa shape index (κ1) is 12.2. The first-order valence-corrected chi connectivity index (χ1v) is 5.37. The Kier molecular flexibility index (Phi) is 3.37. The molecule has 0 bridgehead atoms. The Labute approximate surface area is 104 Å². The zero-order valence-corrected chi connectivity index (χ0v) is 10.1. The molecule has 0 fully saturated rings. The Hall–Kier alpha value is -2.23. The van der Waals surface area contributed by atoms with Crippen molar-refractivity contribution in [2.75, 3.05) is 14.2 Å². The fraction of sp³-hybridized carbons (Fsp3) is 0.143. The highest BCUT2D eigenvalue weighted by molar-refractivity contribution is 5.77. The predicted molar refractivity (Wildman–Crippen MR) is 66.6 cm³/mol. The lowest BCUT2D eigenvalue weighted by Crippen LogP contribution is -1.91. The smallest absolute Gasteiger partial charge is 0.165 e. The Bertz CT molecular complexity index is 567. The molecule has 2 aromatic rings. The molecule has 0 unspecified atom stereocenters. The van der Waals surface area contributed by atoms with Crippen LogP contribution < -0.4 is 9.47 Å². The number of phenols is 1. The molecule has 0 radical (unpaired) electrons. The van der Waals surface area contributed by atoms with Gasteiger partial charge in [-0.05, 0) is 24.3 Å². The third-order valence-corrected chi connectivity index (χ3v) is 2.67. The minimum atomic E-state index is -0.395. The molecule has 0 aliphatic rings. The van der Waals surface area contributed by atoms with Gasteiger partial charge in [0, 0.05) is 11.1 Å². The molecule has 0 aliphatic carbocycles. The second kappa shape index (κ2) is 4.96. The van der Waals surface area contributed by atoms with E-state index < -0.39 is 5.82 Å². The Morgan fingerprint density at radius 2 is 1.67 bits per heavy atom. The number of ether oxygens (including phenoxy) is 2. The second-order valence-corrected chi connectivity index (χ2v) is 3.70. The maximum Gasteiger partial charge on any atom is 0.165 e. The molecule has 0 saturated heterocycles. The summed E-state index contributed by atoms with van der Waals surface area (Å²) in [5.74, 6) is 0.385. The van der Waals surface area contributed by atoms with Crippen molar-refractivity contribution in [2.24, 2.45) is 0 Å². The van der Waals surface area contributed by atoms with Crippen LogP contribution in [0.3, 0.4) is 0 Å². The van der Waals surface area contributed by atoms with Crippen molar-refractivity contribution in [3.63, 3.8) is 0 Å². The van der Waals surface area contributed by atoms with Gasteiger partial charge in [-0.15, -0.1) is 0 Å². The quantitative estimate of drug-likeness (QED) is 0.906. The van der Waals surface area contributed by atoms with Gasteiger partial charge in [0.1, 0.15) is 11.6 Å². The number of hydrogen-bond donors (Lipinski definition) is 1. The summed E-state index contributed by atoms with van der Waals surface area (Å²) < 4.78 is 23.5. The molecule has 3 nitrogen and oxygen atoms in total. The van der Waals surface area contributed by atoms with Gasteiger partial charge >= 0.3 is 0 Å². The van der Waals surface area contributed by atoms with Gasteiger partial charge in [0.05, 0.1) is 14.2 Å². The van der Waals surface area contributed by atoms with Gasteiger partial charge in [0.15, 0.2) is 11.5 Å². The maximum absolute atomic E-state index is 13.3. The lowest BCUT2D eigenvalue weighted by atomic mass is 10.0. The first-order chi connectivity index (χ1) is 8.67. The number of methoxy groups -OCH3 is 2. The van der Waals surface area contributed by atoms with E-state index in [1.807, 2.05) is 0 Å². The van der Waals surface area contributed by atoms with E-state index in [4.69, 9.17) is 9.47 Å². The third kappa shape index (κ3) is 2.09. The van der Waals surface area contributed by atoms with E-state index >= 15 is 0 Å². The lowest BCUT2D eigenvalue weighted by molar-refractivity contribution is 0.374. The van der Waals surface area contributed by atoms with Crippen LogP contribution in [0.25, 0.3) is 11.1 Å². The Balaban J connectivity index is 2.64. The number of phenolic OH excluding ortho intramolecular Hbond substituents is 1. The van der Waals surface area contributed by atoms with Crippen molar-refractivity contribution >= 4 is 0 Å². The van der Waals surface area contributed by atoms with E-state index in [1.54, 1.807) is 18.2 Å². The summed E-state index contributed by atoms with van der Waals surface area (Å²) in [5, 5.41) is 10.1. The summed E-state index contributed by atoms with van der Waals surface area (Å²) in [6.07, 6.45) is 0. The lowest BCUT2D eigenvalue weighted by Gasteiger charge is -2.12. The van der Waals surface area contributed by atoms with E-state index in [2.05, 4.69) is 0 Å². The van der Waals surface area contributed by atoms with Crippen molar-refractivity contribution in [3.8, 4) is 28.4 Å². The number of para-hydroxylation sites is 1. The van der Waals surface area contributed by atoms with Crippen molar-refractivity contribution in [1.29, 1.82) is 0 Å². The first-order valence-electron chi connectivity index (χ1n) is 5.37. The topological polar surface area (TPSA) is 38.7 Å². The average Bonchev–Trinajstić information content (AvgIpc) is 2.39. The standard InChI is InChI=1S/C14H13FO3/c1-17-12-7-6-9(15)8-11(12)10-4-3-5-13(18-2)14(10)16/h3-8,16H,1-2H3. The average molecular weight is 248 g/mol. The number of halogens is 1. The van der Waals surface area contributed by atoms with Gasteiger partial charge in [-0.3, -0.25) is 0 Å². The highest BCUT2D eigenvalue weighted by atomic mass is 19.1. The van der Waals surface area contributed by atoms with Crippen LogP contribution in [-0.2, 0) is 0 Å². The van der Waals surface area contributed by atoms with E-state index in [9.17, 15) is 9.50 Å². The van der Waals surface area contributed by atoms with Crippen LogP contribution in [0.4, 0.5) is 4.39 Å². The highest BCUT2D eigenvalue weighted by Crippen LogP contribution is 2.40. The van der Waals surface area contributed by atoms with Crippen LogP contribution in [-0.4, -0.2) is 19.3 Å². The molecule has 2 rings (SSSR count). The van der Waals surface area contributed by atoms with Gasteiger partial charge in [-0.1, -0.05) is 12.1 Å². The fourth-order valence-electron chi connectivity index (χ4n) is 1.80. The highest BCUT2D eigenvalue weighted by Gasteiger charge is 2.14. The normalized spacial score (nSPS) is 10.2. The zero-order chi connectivity index (χ0) is 13.1. The van der Waals surface area contributed by atoms with Crippen LogP contribution in [0.2, 0.25) is 0 Å². The molecule has 94 valence electrons. The van der Waals surface area contributed by atoms with Crippen molar-refractivity contribution in [2.45, 2.75) is 0 Å². The molecule has 0 aliphatic heterocycles. The van der Waals surface area contributed by atoms with Gasteiger partial charge < -0.3 is 14.6 Å². The Morgan fingerprint density at radius 1 is 0.944 bits per heavy atom. The number of benzene rings is 2. The molecule has 0 atom stereocenters. The van der Waals surface area contributed by atoms with E-state index in [-0.39, 0.29) is 5.75 Å². The van der Waals surface area contributed by atoms with Gasteiger partial charge in [-0.2, -0.15) is 0 Å². The van der Waals surface area contributed by atoms with Crippen molar-refractivity contribution in [3.05, 3.63) is 42.2 Å². The van der Waals surface area contributed by atoms with E-state index in [0.29, 0.717) is 22.6 Å². The van der Waals surface area contributed by atoms with Crippen LogP contribution in [0.1, 0.15) is 0 Å². The molecule has 0 heterocycles. The van der Waals surface area contributed by atoms with Gasteiger partial charge in [0.2, 0.25) is 0 Å². The van der Waals surface area contributed by atoms with Crippen LogP contribution in [0, 0.1) is 5.82 Å². The molecular weight excluding hydrogens is 235 g/mol. The van der Waals surface area contributed by atoms with Crippen LogP contribution in [0.15, 0.2) is 36.4 Å². The minimum absolute atomic E-state index is 0.0381. The van der Waals surface area contributed by atoms with E-state index in [1.165, 1.54) is 32.4 Å². The summed E-state index contributed by atoms with van der Waals surface area (Å²) >= 11 is 0. The van der Waals surface area contributed by atoms with E-state index in [0.717, 1.165) is 0 Å². The third-order valence-electron chi connectivity index (χ3n) is 2.67. The summed E-state index contributed by atoms with van der Waals surface area (Å²) in [5.41, 5.74) is 0.944. The van der Waals surface area contributed by atoms with Gasteiger partial charge in [-0.25, -0.2) is 4.39 Å². The molecule has 18 heavy (non-hydrogen) atoms. The number of hydrogen-bond acceptors (Lipinski definition) is 3. The zero-order valence-electron chi connectivity index (χ0n) is 10.1. The molecule has 0 amide bonds. The fourth-order valence-corrected chi connectivity index (χ4v) is 1.80. The monoisotopic (exact) mass is 248 g/mol. The van der Waals surface area contributed by atoms with Crippen molar-refractivity contribution < 1.29 is 19.0 Å². The minimum Gasteiger partial charge on any atom is -0.504 e. The summed E-state index contributed by atoms with van der Waals surface area (Å²) in [7, 11) is 2.95. The summed E-state index contributed by atoms with van der Waals surface area (Å²) in [6.45, 7) is 0. The molecule has 4 heteroatoms. The Morgan fingerprint density at radius 3 is 2.33 bits per heavy atom. The van der Waals surface area contributed by atoms with Crippen LogP contribution in [0.5, 0.6) is 17.2 Å². The van der Waals surface area contributed by atoms with Gasteiger partial charge in [0.25, 0.3) is 0 Å². The van der Waals surface area contributed by atoms with Crippen molar-refractivity contribution in [1.82, 2.24) is 0 Å². The second-order valence-electron chi connectivity index (χ2n) is 3.70. The molecule has 0 spiro atoms. The summed E-state index contributed by atoms with van der Waals surface area (Å²) in [4.78, 5) is 0.